The lowest BCUT2D eigenvalue weighted by molar-refractivity contribution is -0.158. The van der Waals surface area contributed by atoms with Gasteiger partial charge in [-0.3, -0.25) is 4.79 Å². The molecule has 3 heteroatoms. The molecule has 0 aliphatic rings. The van der Waals surface area contributed by atoms with Crippen LogP contribution in [-0.4, -0.2) is 18.6 Å². The van der Waals surface area contributed by atoms with Gasteiger partial charge in [-0.25, -0.2) is 0 Å². The van der Waals surface area contributed by atoms with E-state index >= 15 is 0 Å². The molecule has 0 radical (unpaired) electrons. The van der Waals surface area contributed by atoms with Crippen molar-refractivity contribution in [2.24, 2.45) is 11.1 Å². The van der Waals surface area contributed by atoms with Crippen molar-refractivity contribution < 1.29 is 9.53 Å². The Bertz CT molecular complexity index is 166. The minimum absolute atomic E-state index is 0.00308. The number of carbonyl (C=O) groups is 1. The van der Waals surface area contributed by atoms with Crippen molar-refractivity contribution in [1.82, 2.24) is 0 Å². The summed E-state index contributed by atoms with van der Waals surface area (Å²) in [6.07, 6.45) is 1.94. The fourth-order valence-electron chi connectivity index (χ4n) is 0.891. The third kappa shape index (κ3) is 4.27. The monoisotopic (exact) mass is 187 g/mol. The van der Waals surface area contributed by atoms with Crippen LogP contribution in [0.25, 0.3) is 0 Å². The SMILES string of the molecule is CCCC(C)OC(=O)C(C)(C)CN. The van der Waals surface area contributed by atoms with E-state index in [0.717, 1.165) is 12.8 Å². The Balaban J connectivity index is 3.99. The lowest BCUT2D eigenvalue weighted by atomic mass is 9.94. The number of carbonyl (C=O) groups excluding carboxylic acids is 1. The van der Waals surface area contributed by atoms with Gasteiger partial charge in [0, 0.05) is 6.54 Å². The first-order chi connectivity index (χ1) is 5.94. The summed E-state index contributed by atoms with van der Waals surface area (Å²) in [6.45, 7) is 7.90. The summed E-state index contributed by atoms with van der Waals surface area (Å²) in [5.41, 5.74) is 4.90. The van der Waals surface area contributed by atoms with Gasteiger partial charge in [-0.2, -0.15) is 0 Å². The highest BCUT2D eigenvalue weighted by Gasteiger charge is 2.28. The molecule has 0 saturated heterocycles. The minimum atomic E-state index is -0.554. The molecule has 0 bridgehead atoms. The molecule has 0 aliphatic carbocycles. The zero-order chi connectivity index (χ0) is 10.5. The molecule has 0 aromatic heterocycles. The topological polar surface area (TPSA) is 52.3 Å². The molecule has 0 aromatic carbocycles. The van der Waals surface area contributed by atoms with E-state index in [1.54, 1.807) is 13.8 Å². The van der Waals surface area contributed by atoms with Gasteiger partial charge in [-0.1, -0.05) is 13.3 Å². The Labute approximate surface area is 80.6 Å². The van der Waals surface area contributed by atoms with Crippen LogP contribution in [-0.2, 0) is 9.53 Å². The number of hydrogen-bond acceptors (Lipinski definition) is 3. The van der Waals surface area contributed by atoms with Gasteiger partial charge < -0.3 is 10.5 Å². The van der Waals surface area contributed by atoms with Crippen molar-refractivity contribution in [2.45, 2.75) is 46.6 Å². The van der Waals surface area contributed by atoms with E-state index in [4.69, 9.17) is 10.5 Å². The average molecular weight is 187 g/mol. The number of rotatable bonds is 5. The molecule has 0 aliphatic heterocycles. The quantitative estimate of drug-likeness (QED) is 0.666. The minimum Gasteiger partial charge on any atom is -0.462 e. The predicted octanol–water partition coefficient (Wildman–Crippen LogP) is 1.70. The van der Waals surface area contributed by atoms with Crippen LogP contribution < -0.4 is 5.73 Å². The normalized spacial score (nSPS) is 13.9. The number of ether oxygens (including phenoxy) is 1. The van der Waals surface area contributed by atoms with Crippen molar-refractivity contribution in [3.05, 3.63) is 0 Å². The van der Waals surface area contributed by atoms with Crippen LogP contribution in [0.5, 0.6) is 0 Å². The Hall–Kier alpha value is -0.570. The van der Waals surface area contributed by atoms with Crippen molar-refractivity contribution >= 4 is 5.97 Å². The van der Waals surface area contributed by atoms with E-state index in [9.17, 15) is 4.79 Å². The van der Waals surface area contributed by atoms with Gasteiger partial charge in [0.05, 0.1) is 11.5 Å². The molecule has 1 atom stereocenters. The summed E-state index contributed by atoms with van der Waals surface area (Å²) < 4.78 is 5.23. The molecule has 1 unspecified atom stereocenters. The molecule has 0 amide bonds. The Kier molecular flexibility index (Phi) is 4.99. The highest BCUT2D eigenvalue weighted by Crippen LogP contribution is 2.17. The van der Waals surface area contributed by atoms with Crippen LogP contribution in [0.15, 0.2) is 0 Å². The number of hydrogen-bond donors (Lipinski definition) is 1. The maximum atomic E-state index is 11.5. The molecule has 13 heavy (non-hydrogen) atoms. The molecular formula is C10H21NO2. The van der Waals surface area contributed by atoms with Gasteiger partial charge in [-0.15, -0.1) is 0 Å². The molecule has 0 saturated carbocycles. The van der Waals surface area contributed by atoms with Gasteiger partial charge in [-0.05, 0) is 27.2 Å². The van der Waals surface area contributed by atoms with Gasteiger partial charge in [0.1, 0.15) is 0 Å². The standard InChI is InChI=1S/C10H21NO2/c1-5-6-8(2)13-9(12)10(3,4)7-11/h8H,5-7,11H2,1-4H3. The molecule has 3 nitrogen and oxygen atoms in total. The number of nitrogens with two attached hydrogens (primary N) is 1. The Morgan fingerprint density at radius 3 is 2.46 bits per heavy atom. The predicted molar refractivity (Wildman–Crippen MR) is 53.3 cm³/mol. The molecule has 0 rings (SSSR count). The summed E-state index contributed by atoms with van der Waals surface area (Å²) in [4.78, 5) is 11.5. The van der Waals surface area contributed by atoms with Crippen molar-refractivity contribution in [3.63, 3.8) is 0 Å². The zero-order valence-electron chi connectivity index (χ0n) is 9.09. The third-order valence-corrected chi connectivity index (χ3v) is 2.07. The summed E-state index contributed by atoms with van der Waals surface area (Å²) in [5, 5.41) is 0. The fourth-order valence-corrected chi connectivity index (χ4v) is 0.891. The smallest absolute Gasteiger partial charge is 0.313 e. The lowest BCUT2D eigenvalue weighted by Gasteiger charge is -2.23. The van der Waals surface area contributed by atoms with Gasteiger partial charge in [0.2, 0.25) is 0 Å². The second kappa shape index (κ2) is 5.22. The first kappa shape index (κ1) is 12.4. The maximum Gasteiger partial charge on any atom is 0.313 e. The Morgan fingerprint density at radius 2 is 2.08 bits per heavy atom. The van der Waals surface area contributed by atoms with E-state index in [2.05, 4.69) is 6.92 Å². The number of esters is 1. The Morgan fingerprint density at radius 1 is 1.54 bits per heavy atom. The van der Waals surface area contributed by atoms with Crippen LogP contribution in [0.2, 0.25) is 0 Å². The summed E-state index contributed by atoms with van der Waals surface area (Å²) in [5.74, 6) is -0.198. The molecule has 2 N–H and O–H groups in total. The van der Waals surface area contributed by atoms with E-state index in [1.165, 1.54) is 0 Å². The fraction of sp³-hybridized carbons (Fsp3) is 0.900. The summed E-state index contributed by atoms with van der Waals surface area (Å²) in [7, 11) is 0. The van der Waals surface area contributed by atoms with E-state index in [0.29, 0.717) is 6.54 Å². The molecular weight excluding hydrogens is 166 g/mol. The average Bonchev–Trinajstić information content (AvgIpc) is 2.04. The van der Waals surface area contributed by atoms with Crippen LogP contribution in [0.3, 0.4) is 0 Å². The van der Waals surface area contributed by atoms with Crippen LogP contribution in [0.4, 0.5) is 0 Å². The van der Waals surface area contributed by atoms with Crippen molar-refractivity contribution in [2.75, 3.05) is 6.54 Å². The van der Waals surface area contributed by atoms with E-state index < -0.39 is 5.41 Å². The highest BCUT2D eigenvalue weighted by atomic mass is 16.5. The lowest BCUT2D eigenvalue weighted by Crippen LogP contribution is -2.36. The van der Waals surface area contributed by atoms with Gasteiger partial charge in [0.15, 0.2) is 0 Å². The van der Waals surface area contributed by atoms with Crippen molar-refractivity contribution in [3.8, 4) is 0 Å². The third-order valence-electron chi connectivity index (χ3n) is 2.07. The first-order valence-electron chi connectivity index (χ1n) is 4.85. The maximum absolute atomic E-state index is 11.5. The molecule has 78 valence electrons. The van der Waals surface area contributed by atoms with E-state index in [-0.39, 0.29) is 12.1 Å². The van der Waals surface area contributed by atoms with Crippen LogP contribution in [0, 0.1) is 5.41 Å². The highest BCUT2D eigenvalue weighted by molar-refractivity contribution is 5.76. The molecule has 0 spiro atoms. The first-order valence-corrected chi connectivity index (χ1v) is 4.85. The molecule has 0 fully saturated rings. The summed E-state index contributed by atoms with van der Waals surface area (Å²) >= 11 is 0. The van der Waals surface area contributed by atoms with Gasteiger partial charge >= 0.3 is 5.97 Å². The van der Waals surface area contributed by atoms with Crippen LogP contribution in [0.1, 0.15) is 40.5 Å². The zero-order valence-corrected chi connectivity index (χ0v) is 9.09. The van der Waals surface area contributed by atoms with Crippen molar-refractivity contribution in [1.29, 1.82) is 0 Å². The second-order valence-electron chi connectivity index (χ2n) is 4.09. The summed E-state index contributed by atoms with van der Waals surface area (Å²) in [6, 6.07) is 0. The van der Waals surface area contributed by atoms with Crippen LogP contribution >= 0.6 is 0 Å². The largest absolute Gasteiger partial charge is 0.462 e. The molecule has 0 heterocycles. The molecule has 0 aromatic rings. The second-order valence-corrected chi connectivity index (χ2v) is 4.09. The van der Waals surface area contributed by atoms with Gasteiger partial charge in [0.25, 0.3) is 0 Å². The van der Waals surface area contributed by atoms with E-state index in [1.807, 2.05) is 6.92 Å².